The molecule has 1 aromatic rings. The van der Waals surface area contributed by atoms with Gasteiger partial charge in [-0.3, -0.25) is 0 Å². The number of hydrogen-bond acceptors (Lipinski definition) is 3. The molecular formula is C16H25NO2. The summed E-state index contributed by atoms with van der Waals surface area (Å²) < 4.78 is 11.7. The van der Waals surface area contributed by atoms with Crippen LogP contribution in [0.4, 0.5) is 0 Å². The number of nitrogens with one attached hydrogen (secondary N) is 1. The van der Waals surface area contributed by atoms with Gasteiger partial charge >= 0.3 is 0 Å². The fourth-order valence-electron chi connectivity index (χ4n) is 2.36. The second kappa shape index (κ2) is 7.39. The zero-order valence-corrected chi connectivity index (χ0v) is 12.0. The molecule has 0 spiro atoms. The number of unbranched alkanes of at least 4 members (excludes halogenated alkanes) is 1. The molecule has 0 aromatic heterocycles. The predicted molar refractivity (Wildman–Crippen MR) is 78.0 cm³/mol. The highest BCUT2D eigenvalue weighted by Crippen LogP contribution is 2.30. The van der Waals surface area contributed by atoms with Crippen LogP contribution in [0.5, 0.6) is 11.5 Å². The van der Waals surface area contributed by atoms with Crippen molar-refractivity contribution in [1.82, 2.24) is 5.32 Å². The first-order chi connectivity index (χ1) is 9.33. The van der Waals surface area contributed by atoms with Gasteiger partial charge in [0, 0.05) is 12.6 Å². The minimum absolute atomic E-state index is 0.116. The van der Waals surface area contributed by atoms with E-state index in [2.05, 4.69) is 19.2 Å². The molecule has 2 rings (SSSR count). The van der Waals surface area contributed by atoms with Crippen molar-refractivity contribution in [3.63, 3.8) is 0 Å². The Labute approximate surface area is 116 Å². The van der Waals surface area contributed by atoms with Gasteiger partial charge in [0.25, 0.3) is 0 Å². The Morgan fingerprint density at radius 3 is 2.79 bits per heavy atom. The van der Waals surface area contributed by atoms with Gasteiger partial charge in [-0.15, -0.1) is 0 Å². The molecule has 0 amide bonds. The Hall–Kier alpha value is -1.22. The molecule has 3 heteroatoms. The normalized spacial score (nSPS) is 19.2. The van der Waals surface area contributed by atoms with E-state index in [1.54, 1.807) is 0 Å². The van der Waals surface area contributed by atoms with Crippen LogP contribution in [0.1, 0.15) is 39.5 Å². The van der Waals surface area contributed by atoms with E-state index >= 15 is 0 Å². The van der Waals surface area contributed by atoms with Gasteiger partial charge in [-0.2, -0.15) is 0 Å². The van der Waals surface area contributed by atoms with Crippen LogP contribution in [0.25, 0.3) is 0 Å². The number of rotatable bonds is 7. The molecule has 1 N–H and O–H groups in total. The minimum atomic E-state index is 0.116. The highest BCUT2D eigenvalue weighted by molar-refractivity contribution is 5.40. The summed E-state index contributed by atoms with van der Waals surface area (Å²) in [4.78, 5) is 0. The van der Waals surface area contributed by atoms with Gasteiger partial charge < -0.3 is 14.8 Å². The van der Waals surface area contributed by atoms with E-state index in [0.717, 1.165) is 18.0 Å². The molecule has 1 heterocycles. The molecule has 0 aliphatic carbocycles. The molecule has 0 saturated carbocycles. The lowest BCUT2D eigenvalue weighted by molar-refractivity contribution is 0.0876. The molecule has 0 radical (unpaired) electrons. The molecule has 1 aliphatic rings. The second-order valence-corrected chi connectivity index (χ2v) is 5.15. The Morgan fingerprint density at radius 1 is 1.26 bits per heavy atom. The maximum atomic E-state index is 5.94. The third kappa shape index (κ3) is 4.13. The second-order valence-electron chi connectivity index (χ2n) is 5.15. The molecule has 0 bridgehead atoms. The van der Waals surface area contributed by atoms with Crippen molar-refractivity contribution in [2.75, 3.05) is 13.2 Å². The van der Waals surface area contributed by atoms with Crippen molar-refractivity contribution in [1.29, 1.82) is 0 Å². The fraction of sp³-hybridized carbons (Fsp3) is 0.625. The average molecular weight is 263 g/mol. The van der Waals surface area contributed by atoms with Crippen molar-refractivity contribution < 1.29 is 9.47 Å². The van der Waals surface area contributed by atoms with Gasteiger partial charge in [-0.1, -0.05) is 38.8 Å². The molecule has 2 unspecified atom stereocenters. The van der Waals surface area contributed by atoms with E-state index in [4.69, 9.17) is 9.47 Å². The first kappa shape index (κ1) is 14.2. The highest BCUT2D eigenvalue weighted by Gasteiger charge is 2.20. The third-order valence-corrected chi connectivity index (χ3v) is 3.60. The van der Waals surface area contributed by atoms with Gasteiger partial charge in [-0.25, -0.2) is 0 Å². The van der Waals surface area contributed by atoms with Crippen molar-refractivity contribution in [2.24, 2.45) is 0 Å². The van der Waals surface area contributed by atoms with E-state index in [-0.39, 0.29) is 6.10 Å². The van der Waals surface area contributed by atoms with E-state index < -0.39 is 0 Å². The maximum Gasteiger partial charge on any atom is 0.161 e. The fourth-order valence-corrected chi connectivity index (χ4v) is 2.36. The van der Waals surface area contributed by atoms with Gasteiger partial charge in [0.2, 0.25) is 0 Å². The standard InChI is InChI=1S/C16H25NO2/c1-3-5-8-13(4-2)17-11-14-12-18-15-9-6-7-10-16(15)19-14/h6-7,9-10,13-14,17H,3-5,8,11-12H2,1-2H3. The Morgan fingerprint density at radius 2 is 2.05 bits per heavy atom. The minimum Gasteiger partial charge on any atom is -0.486 e. The summed E-state index contributed by atoms with van der Waals surface area (Å²) in [5.74, 6) is 1.72. The van der Waals surface area contributed by atoms with Crippen molar-refractivity contribution >= 4 is 0 Å². The lowest BCUT2D eigenvalue weighted by atomic mass is 10.1. The summed E-state index contributed by atoms with van der Waals surface area (Å²) >= 11 is 0. The molecule has 2 atom stereocenters. The van der Waals surface area contributed by atoms with Crippen molar-refractivity contribution in [3.8, 4) is 11.5 Å². The number of fused-ring (bicyclic) bond motifs is 1. The van der Waals surface area contributed by atoms with Crippen LogP contribution in [-0.4, -0.2) is 25.3 Å². The smallest absolute Gasteiger partial charge is 0.161 e. The monoisotopic (exact) mass is 263 g/mol. The number of ether oxygens (including phenoxy) is 2. The average Bonchev–Trinajstić information content (AvgIpc) is 2.47. The van der Waals surface area contributed by atoms with Crippen LogP contribution >= 0.6 is 0 Å². The van der Waals surface area contributed by atoms with Gasteiger partial charge in [0.15, 0.2) is 11.5 Å². The first-order valence-corrected chi connectivity index (χ1v) is 7.45. The van der Waals surface area contributed by atoms with Crippen LogP contribution in [-0.2, 0) is 0 Å². The number of hydrogen-bond donors (Lipinski definition) is 1. The summed E-state index contributed by atoms with van der Waals surface area (Å²) in [6.07, 6.45) is 5.08. The molecular weight excluding hydrogens is 238 g/mol. The first-order valence-electron chi connectivity index (χ1n) is 7.45. The highest BCUT2D eigenvalue weighted by atomic mass is 16.6. The van der Waals surface area contributed by atoms with Crippen LogP contribution in [0.3, 0.4) is 0 Å². The lowest BCUT2D eigenvalue weighted by Gasteiger charge is -2.28. The summed E-state index contributed by atoms with van der Waals surface area (Å²) in [6.45, 7) is 5.97. The maximum absolute atomic E-state index is 5.94. The quantitative estimate of drug-likeness (QED) is 0.818. The third-order valence-electron chi connectivity index (χ3n) is 3.60. The van der Waals surface area contributed by atoms with Crippen LogP contribution in [0.2, 0.25) is 0 Å². The van der Waals surface area contributed by atoms with Crippen LogP contribution < -0.4 is 14.8 Å². The van der Waals surface area contributed by atoms with E-state index in [1.807, 2.05) is 24.3 Å². The zero-order valence-electron chi connectivity index (χ0n) is 12.0. The van der Waals surface area contributed by atoms with Crippen LogP contribution in [0.15, 0.2) is 24.3 Å². The van der Waals surface area contributed by atoms with Gasteiger partial charge in [0.05, 0.1) is 0 Å². The molecule has 3 nitrogen and oxygen atoms in total. The topological polar surface area (TPSA) is 30.5 Å². The van der Waals surface area contributed by atoms with Crippen LogP contribution in [0, 0.1) is 0 Å². The molecule has 1 aliphatic heterocycles. The molecule has 19 heavy (non-hydrogen) atoms. The van der Waals surface area contributed by atoms with E-state index in [0.29, 0.717) is 12.6 Å². The van der Waals surface area contributed by atoms with E-state index in [1.165, 1.54) is 25.7 Å². The van der Waals surface area contributed by atoms with Gasteiger partial charge in [0.1, 0.15) is 12.7 Å². The predicted octanol–water partition coefficient (Wildman–Crippen LogP) is 3.38. The molecule has 0 saturated heterocycles. The van der Waals surface area contributed by atoms with Crippen molar-refractivity contribution in [2.45, 2.75) is 51.7 Å². The summed E-state index contributed by atoms with van der Waals surface area (Å²) in [5.41, 5.74) is 0. The Balaban J connectivity index is 1.78. The molecule has 106 valence electrons. The molecule has 1 aromatic carbocycles. The summed E-state index contributed by atoms with van der Waals surface area (Å²) in [7, 11) is 0. The SMILES string of the molecule is CCCCC(CC)NCC1COc2ccccc2O1. The zero-order chi connectivity index (χ0) is 13.5. The largest absolute Gasteiger partial charge is 0.486 e. The summed E-state index contributed by atoms with van der Waals surface area (Å²) in [5, 5.41) is 3.60. The number of para-hydroxylation sites is 2. The Kier molecular flexibility index (Phi) is 5.52. The Bertz CT molecular complexity index is 381. The lowest BCUT2D eigenvalue weighted by Crippen LogP contribution is -2.42. The van der Waals surface area contributed by atoms with E-state index in [9.17, 15) is 0 Å². The number of benzene rings is 1. The van der Waals surface area contributed by atoms with Gasteiger partial charge in [-0.05, 0) is 25.0 Å². The van der Waals surface area contributed by atoms with Crippen molar-refractivity contribution in [3.05, 3.63) is 24.3 Å². The summed E-state index contributed by atoms with van der Waals surface area (Å²) in [6, 6.07) is 8.47. The molecule has 0 fully saturated rings.